The van der Waals surface area contributed by atoms with Crippen LogP contribution < -0.4 is 5.73 Å². The Hall–Kier alpha value is -1.31. The summed E-state index contributed by atoms with van der Waals surface area (Å²) in [6.45, 7) is 6.13. The monoisotopic (exact) mass is 300 g/mol. The summed E-state index contributed by atoms with van der Waals surface area (Å²) in [6, 6.07) is 3.92. The summed E-state index contributed by atoms with van der Waals surface area (Å²) in [5.74, 6) is -0.125. The number of hydrogen-bond acceptors (Lipinski definition) is 5. The van der Waals surface area contributed by atoms with Crippen molar-refractivity contribution in [1.82, 2.24) is 4.31 Å². The van der Waals surface area contributed by atoms with Gasteiger partial charge in [-0.25, -0.2) is 8.42 Å². The molecular weight excluding hydrogens is 280 g/mol. The molecule has 1 fully saturated rings. The Bertz CT molecular complexity index is 613. The zero-order valence-corrected chi connectivity index (χ0v) is 12.6. The lowest BCUT2D eigenvalue weighted by molar-refractivity contribution is -0.109. The average Bonchev–Trinajstić information content (AvgIpc) is 2.30. The molecule has 6 nitrogen and oxygen atoms in total. The van der Waals surface area contributed by atoms with Gasteiger partial charge in [-0.1, -0.05) is 0 Å². The number of hydrogen-bond donors (Lipinski definition) is 2. The molecule has 1 aliphatic heterocycles. The molecule has 1 heterocycles. The molecule has 1 unspecified atom stereocenters. The van der Waals surface area contributed by atoms with Crippen LogP contribution in [0.1, 0.15) is 20.8 Å². The second kappa shape index (κ2) is 4.91. The molecule has 0 amide bonds. The molecule has 2 rings (SSSR count). The van der Waals surface area contributed by atoms with E-state index in [4.69, 9.17) is 10.5 Å². The van der Waals surface area contributed by atoms with Crippen molar-refractivity contribution >= 4 is 15.7 Å². The van der Waals surface area contributed by atoms with Crippen LogP contribution in [0.15, 0.2) is 23.1 Å². The SMILES string of the molecule is CC1CN(S(=O)(=O)c2ccc(O)c(N)c2)CC(C)(C)O1. The average molecular weight is 300 g/mol. The number of morpholine rings is 1. The summed E-state index contributed by atoms with van der Waals surface area (Å²) < 4.78 is 32.3. The summed E-state index contributed by atoms with van der Waals surface area (Å²) >= 11 is 0. The summed E-state index contributed by atoms with van der Waals surface area (Å²) in [5.41, 5.74) is 5.08. The summed E-state index contributed by atoms with van der Waals surface area (Å²) in [4.78, 5) is 0.0812. The second-order valence-electron chi connectivity index (χ2n) is 5.71. The largest absolute Gasteiger partial charge is 0.506 e. The molecule has 112 valence electrons. The Morgan fingerprint density at radius 2 is 2.10 bits per heavy atom. The van der Waals surface area contributed by atoms with Gasteiger partial charge in [0.15, 0.2) is 0 Å². The maximum absolute atomic E-state index is 12.6. The molecule has 0 bridgehead atoms. The van der Waals surface area contributed by atoms with Crippen molar-refractivity contribution in [2.75, 3.05) is 18.8 Å². The van der Waals surface area contributed by atoms with Gasteiger partial charge in [0.1, 0.15) is 5.75 Å². The highest BCUT2D eigenvalue weighted by Crippen LogP contribution is 2.29. The number of benzene rings is 1. The lowest BCUT2D eigenvalue weighted by atomic mass is 10.1. The van der Waals surface area contributed by atoms with E-state index in [1.807, 2.05) is 20.8 Å². The van der Waals surface area contributed by atoms with E-state index in [-0.39, 0.29) is 29.0 Å². The van der Waals surface area contributed by atoms with Crippen LogP contribution in [-0.2, 0) is 14.8 Å². The maximum Gasteiger partial charge on any atom is 0.243 e. The van der Waals surface area contributed by atoms with Crippen molar-refractivity contribution in [3.63, 3.8) is 0 Å². The van der Waals surface area contributed by atoms with Gasteiger partial charge in [-0.2, -0.15) is 4.31 Å². The lowest BCUT2D eigenvalue weighted by Crippen LogP contribution is -2.53. The highest BCUT2D eigenvalue weighted by atomic mass is 32.2. The normalized spacial score (nSPS) is 23.6. The second-order valence-corrected chi connectivity index (χ2v) is 7.64. The van der Waals surface area contributed by atoms with E-state index in [2.05, 4.69) is 0 Å². The molecule has 1 atom stereocenters. The van der Waals surface area contributed by atoms with Crippen LogP contribution in [0.5, 0.6) is 5.75 Å². The van der Waals surface area contributed by atoms with Crippen molar-refractivity contribution < 1.29 is 18.3 Å². The van der Waals surface area contributed by atoms with E-state index in [9.17, 15) is 13.5 Å². The first kappa shape index (κ1) is 15.1. The Kier molecular flexibility index (Phi) is 3.70. The van der Waals surface area contributed by atoms with Crippen LogP contribution in [0.25, 0.3) is 0 Å². The van der Waals surface area contributed by atoms with Gasteiger partial charge in [-0.05, 0) is 39.0 Å². The Morgan fingerprint density at radius 1 is 1.45 bits per heavy atom. The van der Waals surface area contributed by atoms with Crippen LogP contribution in [0.2, 0.25) is 0 Å². The van der Waals surface area contributed by atoms with E-state index in [1.165, 1.54) is 22.5 Å². The van der Waals surface area contributed by atoms with Gasteiger partial charge in [0.05, 0.1) is 22.3 Å². The predicted molar refractivity (Wildman–Crippen MR) is 75.9 cm³/mol. The van der Waals surface area contributed by atoms with E-state index in [1.54, 1.807) is 0 Å². The van der Waals surface area contributed by atoms with Crippen molar-refractivity contribution in [2.24, 2.45) is 0 Å². The Labute approximate surface area is 119 Å². The molecule has 0 spiro atoms. The molecule has 0 radical (unpaired) electrons. The van der Waals surface area contributed by atoms with Crippen LogP contribution >= 0.6 is 0 Å². The van der Waals surface area contributed by atoms with Crippen molar-refractivity contribution in [2.45, 2.75) is 37.4 Å². The van der Waals surface area contributed by atoms with Crippen LogP contribution in [-0.4, -0.2) is 42.6 Å². The number of phenols is 1. The highest BCUT2D eigenvalue weighted by Gasteiger charge is 2.38. The van der Waals surface area contributed by atoms with Gasteiger partial charge >= 0.3 is 0 Å². The fourth-order valence-corrected chi connectivity index (χ4v) is 4.12. The van der Waals surface area contributed by atoms with E-state index >= 15 is 0 Å². The van der Waals surface area contributed by atoms with Gasteiger partial charge in [0.25, 0.3) is 0 Å². The van der Waals surface area contributed by atoms with Gasteiger partial charge in [0, 0.05) is 13.1 Å². The molecule has 0 saturated carbocycles. The smallest absolute Gasteiger partial charge is 0.243 e. The number of ether oxygens (including phenoxy) is 1. The molecule has 7 heteroatoms. The zero-order chi connectivity index (χ0) is 15.1. The summed E-state index contributed by atoms with van der Waals surface area (Å²) in [7, 11) is -3.64. The maximum atomic E-state index is 12.6. The molecule has 0 aliphatic carbocycles. The van der Waals surface area contributed by atoms with Gasteiger partial charge in [0.2, 0.25) is 10.0 Å². The zero-order valence-electron chi connectivity index (χ0n) is 11.8. The molecule has 3 N–H and O–H groups in total. The van der Waals surface area contributed by atoms with Gasteiger partial charge in [-0.15, -0.1) is 0 Å². The molecule has 1 aromatic rings. The predicted octanol–water partition coefficient (Wildman–Crippen LogP) is 1.16. The number of rotatable bonds is 2. The first-order chi connectivity index (χ1) is 9.12. The number of nitrogens with zero attached hydrogens (tertiary/aromatic N) is 1. The molecule has 1 aromatic carbocycles. The first-order valence-corrected chi connectivity index (χ1v) is 7.82. The quantitative estimate of drug-likeness (QED) is 0.631. The van der Waals surface area contributed by atoms with E-state index in [0.29, 0.717) is 6.54 Å². The molecular formula is C13H20N2O4S. The number of phenolic OH excluding ortho intramolecular Hbond substituents is 1. The van der Waals surface area contributed by atoms with Crippen LogP contribution in [0, 0.1) is 0 Å². The van der Waals surface area contributed by atoms with Gasteiger partial charge in [-0.3, -0.25) is 0 Å². The topological polar surface area (TPSA) is 92.9 Å². The standard InChI is InChI=1S/C13H20N2O4S/c1-9-7-15(8-13(2,3)19-9)20(17,18)10-4-5-12(16)11(14)6-10/h4-6,9,16H,7-8,14H2,1-3H3. The summed E-state index contributed by atoms with van der Waals surface area (Å²) in [6.07, 6.45) is -0.178. The summed E-state index contributed by atoms with van der Waals surface area (Å²) in [5, 5.41) is 9.39. The number of nitrogen functional groups attached to an aromatic ring is 1. The number of sulfonamides is 1. The number of nitrogens with two attached hydrogens (primary N) is 1. The number of anilines is 1. The Morgan fingerprint density at radius 3 is 2.65 bits per heavy atom. The van der Waals surface area contributed by atoms with Crippen molar-refractivity contribution in [3.05, 3.63) is 18.2 Å². The molecule has 1 aliphatic rings. The highest BCUT2D eigenvalue weighted by molar-refractivity contribution is 7.89. The van der Waals surface area contributed by atoms with Crippen molar-refractivity contribution in [3.8, 4) is 5.75 Å². The molecule has 20 heavy (non-hydrogen) atoms. The molecule has 0 aromatic heterocycles. The fraction of sp³-hybridized carbons (Fsp3) is 0.538. The van der Waals surface area contributed by atoms with Crippen LogP contribution in [0.4, 0.5) is 5.69 Å². The van der Waals surface area contributed by atoms with E-state index in [0.717, 1.165) is 0 Å². The molecule has 1 saturated heterocycles. The minimum atomic E-state index is -3.64. The van der Waals surface area contributed by atoms with Crippen molar-refractivity contribution in [1.29, 1.82) is 0 Å². The third-order valence-corrected chi connectivity index (χ3v) is 4.98. The number of aromatic hydroxyl groups is 1. The third kappa shape index (κ3) is 2.89. The van der Waals surface area contributed by atoms with Crippen LogP contribution in [0.3, 0.4) is 0 Å². The van der Waals surface area contributed by atoms with E-state index < -0.39 is 15.6 Å². The third-order valence-electron chi connectivity index (χ3n) is 3.17. The lowest BCUT2D eigenvalue weighted by Gasteiger charge is -2.40. The minimum absolute atomic E-state index is 0.0478. The Balaban J connectivity index is 2.36. The minimum Gasteiger partial charge on any atom is -0.506 e. The fourth-order valence-electron chi connectivity index (χ4n) is 2.42. The first-order valence-electron chi connectivity index (χ1n) is 6.38. The van der Waals surface area contributed by atoms with Gasteiger partial charge < -0.3 is 15.6 Å².